The number of anilines is 1. The van der Waals surface area contributed by atoms with Crippen molar-refractivity contribution in [3.05, 3.63) is 76.3 Å². The summed E-state index contributed by atoms with van der Waals surface area (Å²) < 4.78 is 33.1. The lowest BCUT2D eigenvalue weighted by Crippen LogP contribution is -2.61. The van der Waals surface area contributed by atoms with Crippen molar-refractivity contribution in [1.29, 1.82) is 0 Å². The lowest BCUT2D eigenvalue weighted by atomic mass is 9.77. The molecule has 3 aromatic rings. The number of nitro groups is 1. The normalized spacial score (nSPS) is 24.6. The molecule has 10 heteroatoms. The van der Waals surface area contributed by atoms with Crippen LogP contribution in [0.5, 0.6) is 0 Å². The number of piperidine rings is 1. The highest BCUT2D eigenvalue weighted by Crippen LogP contribution is 2.37. The fraction of sp³-hybridized carbons (Fsp3) is 0.423. The molecule has 3 N–H and O–H groups in total. The van der Waals surface area contributed by atoms with Crippen molar-refractivity contribution in [1.82, 2.24) is 10.3 Å². The lowest BCUT2D eigenvalue weighted by Gasteiger charge is -2.43. The van der Waals surface area contributed by atoms with E-state index in [1.807, 2.05) is 0 Å². The van der Waals surface area contributed by atoms with Crippen molar-refractivity contribution < 1.29 is 18.1 Å². The molecule has 1 aliphatic heterocycles. The van der Waals surface area contributed by atoms with Crippen LogP contribution in [0.25, 0.3) is 11.3 Å². The summed E-state index contributed by atoms with van der Waals surface area (Å²) in [6.07, 6.45) is 7.02. The average molecular weight is 498 g/mol. The molecule has 0 radical (unpaired) electrons. The summed E-state index contributed by atoms with van der Waals surface area (Å²) >= 11 is 0. The molecular formula is C26H29F2N5O3. The first-order valence-electron chi connectivity index (χ1n) is 12.3. The number of halogens is 2. The fourth-order valence-electron chi connectivity index (χ4n) is 5.38. The quantitative estimate of drug-likeness (QED) is 0.369. The molecule has 190 valence electrons. The molecule has 1 saturated carbocycles. The van der Waals surface area contributed by atoms with Crippen LogP contribution in [-0.4, -0.2) is 35.1 Å². The van der Waals surface area contributed by atoms with Crippen LogP contribution in [0.4, 0.5) is 20.2 Å². The first-order chi connectivity index (χ1) is 17.3. The molecule has 2 fully saturated rings. The summed E-state index contributed by atoms with van der Waals surface area (Å²) in [5.41, 5.74) is 7.56. The van der Waals surface area contributed by atoms with Gasteiger partial charge in [0.05, 0.1) is 11.1 Å². The monoisotopic (exact) mass is 497 g/mol. The predicted octanol–water partition coefficient (Wildman–Crippen LogP) is 4.88. The number of aromatic nitrogens is 1. The van der Waals surface area contributed by atoms with Gasteiger partial charge in [0.2, 0.25) is 5.89 Å². The van der Waals surface area contributed by atoms with E-state index in [9.17, 15) is 18.9 Å². The van der Waals surface area contributed by atoms with Gasteiger partial charge in [-0.3, -0.25) is 10.1 Å². The van der Waals surface area contributed by atoms with Crippen LogP contribution >= 0.6 is 0 Å². The summed E-state index contributed by atoms with van der Waals surface area (Å²) in [7, 11) is 0. The van der Waals surface area contributed by atoms with Gasteiger partial charge in [0.25, 0.3) is 5.69 Å². The van der Waals surface area contributed by atoms with Crippen molar-refractivity contribution in [2.75, 3.05) is 18.0 Å². The molecule has 1 saturated heterocycles. The number of nitrogens with one attached hydrogen (secondary N) is 1. The van der Waals surface area contributed by atoms with E-state index in [1.54, 1.807) is 12.1 Å². The highest BCUT2D eigenvalue weighted by atomic mass is 19.2. The van der Waals surface area contributed by atoms with Gasteiger partial charge in [0.15, 0.2) is 17.4 Å². The molecule has 2 aliphatic rings. The number of nitro benzene ring substituents is 1. The summed E-state index contributed by atoms with van der Waals surface area (Å²) in [4.78, 5) is 17.3. The Kier molecular flexibility index (Phi) is 6.72. The first kappa shape index (κ1) is 24.3. The Morgan fingerprint density at radius 1 is 1.11 bits per heavy atom. The van der Waals surface area contributed by atoms with Gasteiger partial charge in [0, 0.05) is 48.6 Å². The van der Waals surface area contributed by atoms with Crippen molar-refractivity contribution in [3.63, 3.8) is 0 Å². The number of hydrogen-bond acceptors (Lipinski definition) is 7. The molecule has 2 heterocycles. The maximum Gasteiger partial charge on any atom is 0.269 e. The number of nitrogens with zero attached hydrogens (tertiary/aromatic N) is 3. The van der Waals surface area contributed by atoms with E-state index in [4.69, 9.17) is 10.2 Å². The number of hydrogen-bond donors (Lipinski definition) is 2. The van der Waals surface area contributed by atoms with E-state index >= 15 is 0 Å². The highest BCUT2D eigenvalue weighted by Gasteiger charge is 2.44. The zero-order valence-corrected chi connectivity index (χ0v) is 19.8. The Bertz CT molecular complexity index is 1230. The van der Waals surface area contributed by atoms with Gasteiger partial charge in [-0.05, 0) is 56.0 Å². The van der Waals surface area contributed by atoms with Crippen LogP contribution < -0.4 is 16.0 Å². The van der Waals surface area contributed by atoms with Crippen LogP contribution in [0.3, 0.4) is 0 Å². The molecule has 5 rings (SSSR count). The van der Waals surface area contributed by atoms with Gasteiger partial charge in [-0.25, -0.2) is 13.8 Å². The minimum atomic E-state index is -0.944. The van der Waals surface area contributed by atoms with Gasteiger partial charge in [-0.1, -0.05) is 12.8 Å². The van der Waals surface area contributed by atoms with Crippen LogP contribution in [0.1, 0.15) is 44.4 Å². The number of benzene rings is 2. The summed E-state index contributed by atoms with van der Waals surface area (Å²) in [6, 6.07) is 10.4. The van der Waals surface area contributed by atoms with Gasteiger partial charge < -0.3 is 20.4 Å². The summed E-state index contributed by atoms with van der Waals surface area (Å²) in [6.45, 7) is 1.64. The smallest absolute Gasteiger partial charge is 0.269 e. The molecule has 8 nitrogen and oxygen atoms in total. The van der Waals surface area contributed by atoms with Gasteiger partial charge in [-0.2, -0.15) is 0 Å². The summed E-state index contributed by atoms with van der Waals surface area (Å²) in [5, 5.41) is 14.7. The van der Waals surface area contributed by atoms with E-state index < -0.39 is 22.1 Å². The third-order valence-corrected chi connectivity index (χ3v) is 7.35. The van der Waals surface area contributed by atoms with E-state index in [1.165, 1.54) is 24.4 Å². The number of oxazole rings is 1. The predicted molar refractivity (Wildman–Crippen MR) is 131 cm³/mol. The van der Waals surface area contributed by atoms with Gasteiger partial charge in [0.1, 0.15) is 5.54 Å². The van der Waals surface area contributed by atoms with Crippen LogP contribution in [0, 0.1) is 21.7 Å². The maximum atomic E-state index is 13.7. The lowest BCUT2D eigenvalue weighted by molar-refractivity contribution is -0.384. The minimum absolute atomic E-state index is 0.0653. The molecule has 2 aromatic carbocycles. The number of rotatable bonds is 6. The second-order valence-corrected chi connectivity index (χ2v) is 9.72. The van der Waals surface area contributed by atoms with Crippen LogP contribution in [-0.2, 0) is 5.54 Å². The minimum Gasteiger partial charge on any atom is -0.439 e. The van der Waals surface area contributed by atoms with Crippen molar-refractivity contribution in [3.8, 4) is 11.3 Å². The molecule has 3 atom stereocenters. The van der Waals surface area contributed by atoms with E-state index in [0.29, 0.717) is 23.6 Å². The second-order valence-electron chi connectivity index (χ2n) is 9.72. The van der Waals surface area contributed by atoms with Gasteiger partial charge in [-0.15, -0.1) is 0 Å². The van der Waals surface area contributed by atoms with Gasteiger partial charge >= 0.3 is 0 Å². The fourth-order valence-corrected chi connectivity index (χ4v) is 5.38. The van der Waals surface area contributed by atoms with Crippen molar-refractivity contribution in [2.24, 2.45) is 5.73 Å². The standard InChI is InChI=1S/C26H29F2N5O3/c27-21-11-6-17(14-22(21)28)23-15-30-25(36-23)26(29)12-2-1-5-24(26)31-18-4-3-13-32(16-18)19-7-9-20(10-8-19)33(34)35/h6-11,14-15,18,24,31H,1-5,12-13,16,29H2/t18?,24?,26-/m0/s1. The molecule has 36 heavy (non-hydrogen) atoms. The number of nitrogens with two attached hydrogens (primary N) is 1. The zero-order chi connectivity index (χ0) is 25.3. The number of non-ortho nitro benzene ring substituents is 1. The zero-order valence-electron chi connectivity index (χ0n) is 19.8. The molecule has 2 unspecified atom stereocenters. The molecule has 1 aliphatic carbocycles. The summed E-state index contributed by atoms with van der Waals surface area (Å²) in [5.74, 6) is -1.12. The largest absolute Gasteiger partial charge is 0.439 e. The van der Waals surface area contributed by atoms with E-state index in [0.717, 1.165) is 63.0 Å². The highest BCUT2D eigenvalue weighted by molar-refractivity contribution is 5.56. The Morgan fingerprint density at radius 3 is 2.67 bits per heavy atom. The van der Waals surface area contributed by atoms with Crippen LogP contribution in [0.15, 0.2) is 53.1 Å². The van der Waals surface area contributed by atoms with E-state index in [-0.39, 0.29) is 17.8 Å². The Morgan fingerprint density at radius 2 is 1.92 bits per heavy atom. The van der Waals surface area contributed by atoms with Crippen molar-refractivity contribution in [2.45, 2.75) is 56.1 Å². The SMILES string of the molecule is N[C@@]1(c2ncc(-c3ccc(F)c(F)c3)o2)CCCCC1NC1CCCN(c2ccc([N+](=O)[O-])cc2)C1. The maximum absolute atomic E-state index is 13.7. The Labute approximate surface area is 207 Å². The Hall–Kier alpha value is -3.37. The second kappa shape index (κ2) is 9.94. The molecule has 1 aromatic heterocycles. The average Bonchev–Trinajstić information content (AvgIpc) is 3.39. The molecular weight excluding hydrogens is 468 g/mol. The van der Waals surface area contributed by atoms with E-state index in [2.05, 4.69) is 15.2 Å². The van der Waals surface area contributed by atoms with Crippen LogP contribution in [0.2, 0.25) is 0 Å². The molecule has 0 spiro atoms. The van der Waals surface area contributed by atoms with Crippen molar-refractivity contribution >= 4 is 11.4 Å². The molecule has 0 bridgehead atoms. The third kappa shape index (κ3) is 4.83. The first-order valence-corrected chi connectivity index (χ1v) is 12.3. The topological polar surface area (TPSA) is 110 Å². The molecule has 0 amide bonds. The Balaban J connectivity index is 1.31. The third-order valence-electron chi connectivity index (χ3n) is 7.35.